The fourth-order valence-electron chi connectivity index (χ4n) is 2.73. The number of alkyl halides is 3. The third kappa shape index (κ3) is 4.11. The Hall–Kier alpha value is -3.46. The Morgan fingerprint density at radius 2 is 1.83 bits per heavy atom. The molecule has 0 radical (unpaired) electrons. The predicted molar refractivity (Wildman–Crippen MR) is 107 cm³/mol. The number of fused-ring (bicyclic) bond motifs is 1. The van der Waals surface area contributed by atoms with Gasteiger partial charge in [0.25, 0.3) is 0 Å². The van der Waals surface area contributed by atoms with E-state index in [2.05, 4.69) is 4.99 Å². The second-order valence-electron chi connectivity index (χ2n) is 6.16. The zero-order chi connectivity index (χ0) is 22.1. The molecule has 0 aliphatic heterocycles. The zero-order valence-electron chi connectivity index (χ0n) is 15.1. The van der Waals surface area contributed by atoms with Crippen molar-refractivity contribution in [3.8, 4) is 11.5 Å². The summed E-state index contributed by atoms with van der Waals surface area (Å²) in [5.41, 5.74) is 3.15. The molecule has 0 saturated heterocycles. The summed E-state index contributed by atoms with van der Waals surface area (Å²) in [6.07, 6.45) is -3.25. The summed E-state index contributed by atoms with van der Waals surface area (Å²) < 4.78 is 45.6. The van der Waals surface area contributed by atoms with Gasteiger partial charge in [0, 0.05) is 23.0 Å². The van der Waals surface area contributed by atoms with Crippen molar-refractivity contribution in [2.45, 2.75) is 12.7 Å². The van der Waals surface area contributed by atoms with Gasteiger partial charge >= 0.3 is 6.18 Å². The van der Waals surface area contributed by atoms with E-state index in [1.54, 1.807) is 24.3 Å². The number of aliphatic imine (C=N–C) groups is 1. The molecule has 0 saturated carbocycles. The van der Waals surface area contributed by atoms with Crippen molar-refractivity contribution >= 4 is 34.4 Å². The number of phenolic OH excluding ortho intramolecular Hbond substituents is 2. The van der Waals surface area contributed by atoms with Crippen LogP contribution in [0, 0.1) is 0 Å². The molecule has 0 unspecified atom stereocenters. The van der Waals surface area contributed by atoms with Gasteiger partial charge in [0.15, 0.2) is 11.3 Å². The second kappa shape index (κ2) is 8.11. The molecule has 0 spiro atoms. The smallest absolute Gasteiger partial charge is 0.450 e. The van der Waals surface area contributed by atoms with E-state index in [1.165, 1.54) is 0 Å². The Balaban J connectivity index is 2.13. The fraction of sp³-hybridized carbons (Fsp3) is 0.100. The van der Waals surface area contributed by atoms with Crippen molar-refractivity contribution < 1.29 is 27.8 Å². The summed E-state index contributed by atoms with van der Waals surface area (Å²) in [7, 11) is 0. The first-order chi connectivity index (χ1) is 14.1. The molecule has 3 aromatic rings. The average Bonchev–Trinajstić information content (AvgIpc) is 2.69. The average molecular weight is 439 g/mol. The number of aromatic hydroxyl groups is 2. The Morgan fingerprint density at radius 3 is 2.43 bits per heavy atom. The summed E-state index contributed by atoms with van der Waals surface area (Å²) in [5.74, 6) is -3.38. The van der Waals surface area contributed by atoms with E-state index in [1.807, 2.05) is 0 Å². The van der Waals surface area contributed by atoms with Gasteiger partial charge in [-0.3, -0.25) is 9.79 Å². The maximum atomic E-state index is 13.6. The van der Waals surface area contributed by atoms with E-state index < -0.39 is 40.0 Å². The highest BCUT2D eigenvalue weighted by atomic mass is 35.5. The number of hydrogen-bond acceptors (Lipinski definition) is 6. The molecule has 6 nitrogen and oxygen atoms in total. The quantitative estimate of drug-likeness (QED) is 0.412. The number of nitrogens with two attached hydrogens (primary N) is 1. The molecule has 2 aromatic carbocycles. The lowest BCUT2D eigenvalue weighted by atomic mass is 10.0. The van der Waals surface area contributed by atoms with Crippen molar-refractivity contribution in [1.82, 2.24) is 0 Å². The van der Waals surface area contributed by atoms with Crippen LogP contribution in [0.4, 0.5) is 13.2 Å². The summed E-state index contributed by atoms with van der Waals surface area (Å²) in [5, 5.41) is 19.5. The third-order valence-corrected chi connectivity index (χ3v) is 4.41. The summed E-state index contributed by atoms with van der Waals surface area (Å²) in [4.78, 5) is 16.8. The van der Waals surface area contributed by atoms with Gasteiger partial charge in [-0.25, -0.2) is 0 Å². The van der Waals surface area contributed by atoms with Gasteiger partial charge in [0.2, 0.25) is 16.9 Å². The van der Waals surface area contributed by atoms with Gasteiger partial charge in [-0.2, -0.15) is 13.2 Å². The van der Waals surface area contributed by atoms with Crippen LogP contribution in [0.3, 0.4) is 0 Å². The molecule has 3 rings (SSSR count). The van der Waals surface area contributed by atoms with E-state index >= 15 is 0 Å². The zero-order valence-corrected chi connectivity index (χ0v) is 15.8. The van der Waals surface area contributed by atoms with E-state index in [0.717, 1.165) is 30.1 Å². The highest BCUT2D eigenvalue weighted by Crippen LogP contribution is 2.39. The lowest BCUT2D eigenvalue weighted by Crippen LogP contribution is -2.19. The number of nitrogens with zero attached hydrogens (tertiary/aromatic N) is 1. The minimum absolute atomic E-state index is 0.101. The van der Waals surface area contributed by atoms with Crippen LogP contribution in [0.15, 0.2) is 56.8 Å². The number of phenols is 2. The summed E-state index contributed by atoms with van der Waals surface area (Å²) >= 11 is 5.80. The summed E-state index contributed by atoms with van der Waals surface area (Å²) in [6, 6.07) is 8.64. The van der Waals surface area contributed by atoms with E-state index in [9.17, 15) is 28.2 Å². The van der Waals surface area contributed by atoms with Crippen molar-refractivity contribution in [3.63, 3.8) is 0 Å². The van der Waals surface area contributed by atoms with Crippen LogP contribution >= 0.6 is 11.6 Å². The number of halogens is 4. The highest BCUT2D eigenvalue weighted by molar-refractivity contribution is 6.30. The van der Waals surface area contributed by atoms with Crippen LogP contribution in [0.5, 0.6) is 11.5 Å². The van der Waals surface area contributed by atoms with Crippen molar-refractivity contribution in [2.75, 3.05) is 0 Å². The van der Waals surface area contributed by atoms with Crippen molar-refractivity contribution in [3.05, 3.63) is 74.7 Å². The van der Waals surface area contributed by atoms with Crippen LogP contribution in [-0.2, 0) is 12.7 Å². The molecule has 4 N–H and O–H groups in total. The van der Waals surface area contributed by atoms with Gasteiger partial charge in [0.05, 0.1) is 17.5 Å². The van der Waals surface area contributed by atoms with Gasteiger partial charge in [-0.15, -0.1) is 0 Å². The second-order valence-corrected chi connectivity index (χ2v) is 6.60. The molecule has 1 aromatic heterocycles. The maximum absolute atomic E-state index is 13.6. The number of hydrogen-bond donors (Lipinski definition) is 3. The number of allylic oxidation sites excluding steroid dienone is 1. The molecule has 0 aliphatic carbocycles. The van der Waals surface area contributed by atoms with Crippen LogP contribution in [0.1, 0.15) is 16.9 Å². The van der Waals surface area contributed by atoms with Crippen LogP contribution < -0.4 is 11.2 Å². The van der Waals surface area contributed by atoms with E-state index in [0.29, 0.717) is 5.02 Å². The van der Waals surface area contributed by atoms with E-state index in [4.69, 9.17) is 21.8 Å². The van der Waals surface area contributed by atoms with Gasteiger partial charge in [-0.1, -0.05) is 23.7 Å². The Morgan fingerprint density at radius 1 is 1.17 bits per heavy atom. The number of rotatable bonds is 4. The van der Waals surface area contributed by atoms with Crippen LogP contribution in [-0.4, -0.2) is 16.4 Å². The topological polar surface area (TPSA) is 109 Å². The third-order valence-electron chi connectivity index (χ3n) is 4.16. The molecule has 156 valence electrons. The van der Waals surface area contributed by atoms with Crippen molar-refractivity contribution in [2.24, 2.45) is 10.7 Å². The Labute approximate surface area is 172 Å². The molecule has 0 bridgehead atoms. The SMILES string of the molecule is N/C=C(\C=NCc1ccc(Cl)cc1)c1c(C(F)(F)F)oc2c(O)c(O)ccc2c1=O. The minimum atomic E-state index is -5.08. The summed E-state index contributed by atoms with van der Waals surface area (Å²) in [6.45, 7) is 0.101. The fourth-order valence-corrected chi connectivity index (χ4v) is 2.85. The molecule has 10 heteroatoms. The largest absolute Gasteiger partial charge is 0.504 e. The molecule has 0 atom stereocenters. The van der Waals surface area contributed by atoms with Gasteiger partial charge in [0.1, 0.15) is 0 Å². The lowest BCUT2D eigenvalue weighted by Gasteiger charge is -2.13. The predicted octanol–water partition coefficient (Wildman–Crippen LogP) is 4.45. The molecular weight excluding hydrogens is 425 g/mol. The minimum Gasteiger partial charge on any atom is -0.504 e. The molecule has 0 aliphatic rings. The molecule has 30 heavy (non-hydrogen) atoms. The molecule has 0 amide bonds. The molecular formula is C20H14ClF3N2O4. The van der Waals surface area contributed by atoms with Crippen LogP contribution in [0.25, 0.3) is 16.5 Å². The highest BCUT2D eigenvalue weighted by Gasteiger charge is 2.40. The lowest BCUT2D eigenvalue weighted by molar-refractivity contribution is -0.153. The first-order valence-electron chi connectivity index (χ1n) is 8.39. The normalized spacial score (nSPS) is 12.7. The van der Waals surface area contributed by atoms with Gasteiger partial charge < -0.3 is 20.4 Å². The first-order valence-corrected chi connectivity index (χ1v) is 8.76. The maximum Gasteiger partial charge on any atom is 0.450 e. The monoisotopic (exact) mass is 438 g/mol. The van der Waals surface area contributed by atoms with Crippen molar-refractivity contribution in [1.29, 1.82) is 0 Å². The first kappa shape index (κ1) is 21.3. The number of benzene rings is 2. The Bertz CT molecular complexity index is 1220. The van der Waals surface area contributed by atoms with Crippen LogP contribution in [0.2, 0.25) is 5.02 Å². The molecule has 0 fully saturated rings. The van der Waals surface area contributed by atoms with Gasteiger partial charge in [-0.05, 0) is 29.8 Å². The Kier molecular flexibility index (Phi) is 5.75. The molecule has 1 heterocycles. The standard InChI is InChI=1S/C20H14ClF3N2O4/c21-12-3-1-10(2-4-12)8-26-9-11(7-25)15-16(28)13-5-6-14(27)17(29)18(13)30-19(15)20(22,23)24/h1-7,9,27,29H,8,25H2/b11-7+,26-9?. The van der Waals surface area contributed by atoms with E-state index in [-0.39, 0.29) is 17.5 Å².